The molecule has 3 N–H and O–H groups in total. The minimum absolute atomic E-state index is 0.0925. The molecule has 5 aromatic rings. The molecule has 1 aliphatic rings. The molecule has 2 heterocycles. The smallest absolute Gasteiger partial charge is 0.407 e. The lowest BCUT2D eigenvalue weighted by Crippen LogP contribution is -2.48. The Balaban J connectivity index is 1.12. The van der Waals surface area contributed by atoms with Crippen molar-refractivity contribution in [2.45, 2.75) is 37.2 Å². The molecule has 0 radical (unpaired) electrons. The van der Waals surface area contributed by atoms with Gasteiger partial charge in [0.2, 0.25) is 12.2 Å². The molecule has 2 amide bonds. The van der Waals surface area contributed by atoms with Gasteiger partial charge in [0, 0.05) is 30.5 Å². The molecule has 1 aromatic heterocycles. The zero-order valence-electron chi connectivity index (χ0n) is 26.7. The van der Waals surface area contributed by atoms with Gasteiger partial charge in [0.1, 0.15) is 11.8 Å². The van der Waals surface area contributed by atoms with Gasteiger partial charge < -0.3 is 30.2 Å². The topological polar surface area (TPSA) is 116 Å². The van der Waals surface area contributed by atoms with Crippen molar-refractivity contribution < 1.29 is 23.8 Å². The Kier molecular flexibility index (Phi) is 10.8. The number of anilines is 1. The monoisotopic (exact) mass is 645 g/mol. The molecule has 1 unspecified atom stereocenters. The van der Waals surface area contributed by atoms with Crippen LogP contribution in [0.5, 0.6) is 5.75 Å². The molecule has 3 atom stereocenters. The summed E-state index contributed by atoms with van der Waals surface area (Å²) in [4.78, 5) is 26.6. The molecule has 1 fully saturated rings. The lowest BCUT2D eigenvalue weighted by molar-refractivity contribution is -0.137. The fourth-order valence-electron chi connectivity index (χ4n) is 5.93. The zero-order valence-corrected chi connectivity index (χ0v) is 26.7. The highest BCUT2D eigenvalue weighted by molar-refractivity contribution is 5.98. The number of amides is 2. The predicted octanol–water partition coefficient (Wildman–Crippen LogP) is 5.69. The normalized spacial score (nSPS) is 16.5. The van der Waals surface area contributed by atoms with E-state index in [1.807, 2.05) is 121 Å². The van der Waals surface area contributed by atoms with Crippen molar-refractivity contribution in [2.75, 3.05) is 25.5 Å². The molecule has 0 saturated carbocycles. The van der Waals surface area contributed by atoms with Crippen LogP contribution in [-0.2, 0) is 20.7 Å². The summed E-state index contributed by atoms with van der Waals surface area (Å²) in [6.45, 7) is 1.26. The molecule has 6 rings (SSSR count). The van der Waals surface area contributed by atoms with Gasteiger partial charge in [0.05, 0.1) is 25.4 Å². The van der Waals surface area contributed by atoms with E-state index in [1.165, 1.54) is 7.11 Å². The first-order valence-corrected chi connectivity index (χ1v) is 16.0. The molecule has 0 bridgehead atoms. The number of nitrogens with zero attached hydrogens (tertiary/aromatic N) is 2. The van der Waals surface area contributed by atoms with Crippen LogP contribution >= 0.6 is 0 Å². The van der Waals surface area contributed by atoms with Gasteiger partial charge in [-0.3, -0.25) is 4.79 Å². The lowest BCUT2D eigenvalue weighted by atomic mass is 9.84. The van der Waals surface area contributed by atoms with E-state index in [4.69, 9.17) is 14.2 Å². The van der Waals surface area contributed by atoms with Crippen LogP contribution in [0.2, 0.25) is 0 Å². The number of aryl methyl sites for hydroxylation is 1. The highest BCUT2D eigenvalue weighted by Gasteiger charge is 2.33. The number of rotatable bonds is 12. The van der Waals surface area contributed by atoms with Crippen LogP contribution in [0.15, 0.2) is 128 Å². The van der Waals surface area contributed by atoms with Crippen LogP contribution in [0.3, 0.4) is 0 Å². The van der Waals surface area contributed by atoms with Crippen LogP contribution in [0, 0.1) is 0 Å². The van der Waals surface area contributed by atoms with Crippen LogP contribution < -0.4 is 20.7 Å². The molecule has 246 valence electrons. The number of aromatic nitrogens is 2. The molecule has 1 aliphatic heterocycles. The van der Waals surface area contributed by atoms with Gasteiger partial charge in [-0.15, -0.1) is 0 Å². The van der Waals surface area contributed by atoms with E-state index in [1.54, 1.807) is 10.9 Å². The first-order chi connectivity index (χ1) is 23.6. The molecule has 10 heteroatoms. The second-order valence-corrected chi connectivity index (χ2v) is 11.5. The lowest BCUT2D eigenvalue weighted by Gasteiger charge is -2.31. The van der Waals surface area contributed by atoms with Crippen molar-refractivity contribution in [1.29, 1.82) is 0 Å². The number of nitrogens with one attached hydrogen (secondary N) is 3. The van der Waals surface area contributed by atoms with Gasteiger partial charge in [0.25, 0.3) is 0 Å². The number of carbonyl (C=O) groups excluding carboxylic acids is 2. The second kappa shape index (κ2) is 15.9. The highest BCUT2D eigenvalue weighted by atomic mass is 16.7. The Morgan fingerprint density at radius 3 is 2.25 bits per heavy atom. The van der Waals surface area contributed by atoms with E-state index in [2.05, 4.69) is 21.0 Å². The van der Waals surface area contributed by atoms with Crippen molar-refractivity contribution in [2.24, 2.45) is 0 Å². The number of methoxy groups -OCH3 is 1. The maximum absolute atomic E-state index is 14.1. The SMILES string of the molecule is COC(=O)N[C@H](C(=O)Nc1ccccc1CC[C@@H]1CNCC(Oc2ccc(-n3cccn3)cc2)O1)C(c1ccccc1)c1ccccc1. The second-order valence-electron chi connectivity index (χ2n) is 11.5. The summed E-state index contributed by atoms with van der Waals surface area (Å²) in [5.41, 5.74) is 4.36. The van der Waals surface area contributed by atoms with Crippen molar-refractivity contribution in [1.82, 2.24) is 20.4 Å². The molecular weight excluding hydrogens is 606 g/mol. The van der Waals surface area contributed by atoms with Gasteiger partial charge >= 0.3 is 6.09 Å². The molecule has 48 heavy (non-hydrogen) atoms. The van der Waals surface area contributed by atoms with Crippen LogP contribution in [-0.4, -0.2) is 60.4 Å². The Morgan fingerprint density at radius 2 is 1.58 bits per heavy atom. The summed E-state index contributed by atoms with van der Waals surface area (Å²) in [5.74, 6) is -0.0990. The van der Waals surface area contributed by atoms with Crippen LogP contribution in [0.4, 0.5) is 10.5 Å². The summed E-state index contributed by atoms with van der Waals surface area (Å²) < 4.78 is 19.2. The summed E-state index contributed by atoms with van der Waals surface area (Å²) in [6.07, 6.45) is 3.78. The van der Waals surface area contributed by atoms with E-state index in [0.717, 1.165) is 22.4 Å². The van der Waals surface area contributed by atoms with Crippen molar-refractivity contribution in [3.05, 3.63) is 144 Å². The fourth-order valence-corrected chi connectivity index (χ4v) is 5.93. The quantitative estimate of drug-likeness (QED) is 0.160. The number of hydrogen-bond acceptors (Lipinski definition) is 7. The number of ether oxygens (including phenoxy) is 3. The van der Waals surface area contributed by atoms with Gasteiger partial charge in [-0.25, -0.2) is 9.48 Å². The fraction of sp³-hybridized carbons (Fsp3) is 0.237. The van der Waals surface area contributed by atoms with Crippen molar-refractivity contribution in [3.8, 4) is 11.4 Å². The minimum atomic E-state index is -0.951. The number of para-hydroxylation sites is 1. The van der Waals surface area contributed by atoms with Crippen LogP contribution in [0.25, 0.3) is 5.69 Å². The maximum Gasteiger partial charge on any atom is 0.407 e. The average molecular weight is 646 g/mol. The zero-order chi connectivity index (χ0) is 33.1. The Labute approximate surface area is 280 Å². The summed E-state index contributed by atoms with van der Waals surface area (Å²) in [6, 6.07) is 35.7. The van der Waals surface area contributed by atoms with Gasteiger partial charge in [-0.05, 0) is 65.9 Å². The highest BCUT2D eigenvalue weighted by Crippen LogP contribution is 2.30. The number of hydrogen-bond donors (Lipinski definition) is 3. The predicted molar refractivity (Wildman–Crippen MR) is 183 cm³/mol. The largest absolute Gasteiger partial charge is 0.464 e. The first-order valence-electron chi connectivity index (χ1n) is 16.0. The number of morpholine rings is 1. The number of benzene rings is 4. The Bertz CT molecular complexity index is 1710. The van der Waals surface area contributed by atoms with Crippen molar-refractivity contribution >= 4 is 17.7 Å². The Morgan fingerprint density at radius 1 is 0.896 bits per heavy atom. The third-order valence-corrected chi connectivity index (χ3v) is 8.30. The third-order valence-electron chi connectivity index (χ3n) is 8.30. The van der Waals surface area contributed by atoms with Gasteiger partial charge in [0.15, 0.2) is 0 Å². The molecule has 0 aliphatic carbocycles. The van der Waals surface area contributed by atoms with E-state index in [0.29, 0.717) is 37.4 Å². The standard InChI is InChI=1S/C38H39N5O5/c1-46-38(45)42-36(35(28-12-4-2-5-13-28)29-14-6-3-7-15-29)37(44)41-33-16-9-8-11-27(33)17-20-32-25-39-26-34(48-32)47-31-21-18-30(19-22-31)43-24-10-23-40-43/h2-16,18-19,21-24,32,34-36,39H,17,20,25-26H2,1H3,(H,41,44)(H,42,45)/t32-,34?,36+/m1/s1. The van der Waals surface area contributed by atoms with Gasteiger partial charge in [-0.2, -0.15) is 5.10 Å². The average Bonchev–Trinajstić information content (AvgIpc) is 3.68. The first kappa shape index (κ1) is 32.5. The molecular formula is C38H39N5O5. The number of alkyl carbamates (subject to hydrolysis) is 1. The minimum Gasteiger partial charge on any atom is -0.464 e. The van der Waals surface area contributed by atoms with E-state index in [9.17, 15) is 9.59 Å². The summed E-state index contributed by atoms with van der Waals surface area (Å²) >= 11 is 0. The third kappa shape index (κ3) is 8.28. The molecule has 10 nitrogen and oxygen atoms in total. The maximum atomic E-state index is 14.1. The molecule has 0 spiro atoms. The molecule has 4 aromatic carbocycles. The summed E-state index contributed by atoms with van der Waals surface area (Å²) in [5, 5.41) is 13.6. The van der Waals surface area contributed by atoms with Gasteiger partial charge in [-0.1, -0.05) is 78.9 Å². The van der Waals surface area contributed by atoms with Crippen LogP contribution in [0.1, 0.15) is 29.0 Å². The van der Waals surface area contributed by atoms with Crippen molar-refractivity contribution in [3.63, 3.8) is 0 Å². The van der Waals surface area contributed by atoms with E-state index < -0.39 is 24.3 Å². The molecule has 1 saturated heterocycles. The Hall–Kier alpha value is -5.45. The van der Waals surface area contributed by atoms with E-state index in [-0.39, 0.29) is 12.0 Å². The summed E-state index contributed by atoms with van der Waals surface area (Å²) in [7, 11) is 1.29. The van der Waals surface area contributed by atoms with E-state index >= 15 is 0 Å². The number of carbonyl (C=O) groups is 2.